The van der Waals surface area contributed by atoms with E-state index in [0.717, 1.165) is 19.4 Å². The summed E-state index contributed by atoms with van der Waals surface area (Å²) in [6.45, 7) is 1.83. The zero-order valence-electron chi connectivity index (χ0n) is 9.83. The monoisotopic (exact) mass is 416 g/mol. The van der Waals surface area contributed by atoms with Crippen molar-refractivity contribution in [3.05, 3.63) is 37.5 Å². The van der Waals surface area contributed by atoms with E-state index in [1.807, 2.05) is 32.2 Å². The maximum Gasteiger partial charge on any atom is 0.146 e. The standard InChI is InChI=1S/C12H10BrIN4/c1-7-9(6-15)12(18(2)17-7)16-8-3-4-10(13)11(14)5-8/h3-5,16H,1-2H3. The molecule has 0 aliphatic rings. The summed E-state index contributed by atoms with van der Waals surface area (Å²) in [5.74, 6) is 0.716. The van der Waals surface area contributed by atoms with Crippen molar-refractivity contribution >= 4 is 50.0 Å². The lowest BCUT2D eigenvalue weighted by Crippen LogP contribution is -2.00. The summed E-state index contributed by atoms with van der Waals surface area (Å²) < 4.78 is 3.84. The normalized spacial score (nSPS) is 10.2. The van der Waals surface area contributed by atoms with Crippen LogP contribution in [0.1, 0.15) is 11.3 Å². The van der Waals surface area contributed by atoms with E-state index in [-0.39, 0.29) is 0 Å². The molecular weight excluding hydrogens is 407 g/mol. The van der Waals surface area contributed by atoms with Crippen LogP contribution in [0.3, 0.4) is 0 Å². The zero-order chi connectivity index (χ0) is 13.3. The van der Waals surface area contributed by atoms with E-state index < -0.39 is 0 Å². The molecule has 1 aromatic heterocycles. The fourth-order valence-corrected chi connectivity index (χ4v) is 2.41. The van der Waals surface area contributed by atoms with E-state index in [9.17, 15) is 0 Å². The quantitative estimate of drug-likeness (QED) is 0.759. The molecule has 0 saturated heterocycles. The van der Waals surface area contributed by atoms with Gasteiger partial charge in [0.1, 0.15) is 17.5 Å². The Bertz CT molecular complexity index is 642. The van der Waals surface area contributed by atoms with Crippen molar-refractivity contribution in [2.45, 2.75) is 6.92 Å². The number of hydrogen-bond donors (Lipinski definition) is 1. The SMILES string of the molecule is Cc1nn(C)c(Nc2ccc(Br)c(I)c2)c1C#N. The lowest BCUT2D eigenvalue weighted by Gasteiger charge is -2.08. The summed E-state index contributed by atoms with van der Waals surface area (Å²) >= 11 is 5.71. The molecule has 0 fully saturated rings. The number of benzene rings is 1. The molecule has 0 unspecified atom stereocenters. The fraction of sp³-hybridized carbons (Fsp3) is 0.167. The van der Waals surface area contributed by atoms with Gasteiger partial charge in [0.05, 0.1) is 5.69 Å². The lowest BCUT2D eigenvalue weighted by molar-refractivity contribution is 0.765. The van der Waals surface area contributed by atoms with Gasteiger partial charge in [-0.05, 0) is 63.6 Å². The molecule has 2 aromatic rings. The van der Waals surface area contributed by atoms with Gasteiger partial charge in [0.2, 0.25) is 0 Å². The largest absolute Gasteiger partial charge is 0.339 e. The average molecular weight is 417 g/mol. The highest BCUT2D eigenvalue weighted by atomic mass is 127. The highest BCUT2D eigenvalue weighted by Crippen LogP contribution is 2.26. The lowest BCUT2D eigenvalue weighted by atomic mass is 10.2. The Morgan fingerprint density at radius 1 is 1.50 bits per heavy atom. The van der Waals surface area contributed by atoms with Crippen LogP contribution in [0.5, 0.6) is 0 Å². The summed E-state index contributed by atoms with van der Waals surface area (Å²) in [7, 11) is 1.82. The van der Waals surface area contributed by atoms with Gasteiger partial charge in [-0.1, -0.05) is 0 Å². The zero-order valence-corrected chi connectivity index (χ0v) is 13.6. The third-order valence-electron chi connectivity index (χ3n) is 2.52. The Morgan fingerprint density at radius 2 is 2.22 bits per heavy atom. The number of rotatable bonds is 2. The number of aromatic nitrogens is 2. The smallest absolute Gasteiger partial charge is 0.146 e. The van der Waals surface area contributed by atoms with Gasteiger partial charge in [-0.3, -0.25) is 4.68 Å². The summed E-state index contributed by atoms with van der Waals surface area (Å²) in [6.07, 6.45) is 0. The molecule has 18 heavy (non-hydrogen) atoms. The first kappa shape index (κ1) is 13.4. The van der Waals surface area contributed by atoms with Crippen molar-refractivity contribution in [3.63, 3.8) is 0 Å². The van der Waals surface area contributed by atoms with Gasteiger partial charge < -0.3 is 5.32 Å². The molecule has 0 aliphatic heterocycles. The number of aryl methyl sites for hydroxylation is 2. The van der Waals surface area contributed by atoms with Gasteiger partial charge in [0.15, 0.2) is 0 Å². The minimum Gasteiger partial charge on any atom is -0.339 e. The van der Waals surface area contributed by atoms with E-state index in [0.29, 0.717) is 11.4 Å². The van der Waals surface area contributed by atoms with Crippen molar-refractivity contribution in [1.82, 2.24) is 9.78 Å². The number of hydrogen-bond acceptors (Lipinski definition) is 3. The summed E-state index contributed by atoms with van der Waals surface area (Å²) in [6, 6.07) is 8.11. The van der Waals surface area contributed by atoms with Crippen LogP contribution in [0.15, 0.2) is 22.7 Å². The number of nitrogens with zero attached hydrogens (tertiary/aromatic N) is 3. The maximum absolute atomic E-state index is 9.14. The van der Waals surface area contributed by atoms with Crippen molar-refractivity contribution in [3.8, 4) is 6.07 Å². The minimum absolute atomic E-state index is 0.579. The molecule has 1 aromatic carbocycles. The first-order chi connectivity index (χ1) is 8.52. The van der Waals surface area contributed by atoms with E-state index in [2.05, 4.69) is 55.0 Å². The Labute approximate surface area is 127 Å². The second-order valence-corrected chi connectivity index (χ2v) is 5.81. The Balaban J connectivity index is 2.40. The predicted octanol–water partition coefficient (Wildman–Crippen LogP) is 3.71. The van der Waals surface area contributed by atoms with Crippen LogP contribution >= 0.6 is 38.5 Å². The van der Waals surface area contributed by atoms with Gasteiger partial charge in [0, 0.05) is 20.8 Å². The van der Waals surface area contributed by atoms with Crippen LogP contribution in [0.4, 0.5) is 11.5 Å². The van der Waals surface area contributed by atoms with Crippen LogP contribution in [0.25, 0.3) is 0 Å². The van der Waals surface area contributed by atoms with Crippen molar-refractivity contribution in [1.29, 1.82) is 5.26 Å². The van der Waals surface area contributed by atoms with Gasteiger partial charge >= 0.3 is 0 Å². The predicted molar refractivity (Wildman–Crippen MR) is 82.8 cm³/mol. The van der Waals surface area contributed by atoms with E-state index in [1.165, 1.54) is 0 Å². The van der Waals surface area contributed by atoms with Crippen LogP contribution in [0, 0.1) is 21.8 Å². The number of nitrogens with one attached hydrogen (secondary N) is 1. The first-order valence-corrected chi connectivity index (χ1v) is 7.06. The van der Waals surface area contributed by atoms with Crippen molar-refractivity contribution < 1.29 is 0 Å². The molecule has 0 radical (unpaired) electrons. The maximum atomic E-state index is 9.14. The van der Waals surface area contributed by atoms with Gasteiger partial charge in [-0.15, -0.1) is 0 Å². The van der Waals surface area contributed by atoms with Gasteiger partial charge in [0.25, 0.3) is 0 Å². The van der Waals surface area contributed by atoms with Crippen LogP contribution in [-0.2, 0) is 7.05 Å². The number of halogens is 2. The molecule has 92 valence electrons. The summed E-state index contributed by atoms with van der Waals surface area (Å²) in [4.78, 5) is 0. The van der Waals surface area contributed by atoms with Crippen LogP contribution in [0.2, 0.25) is 0 Å². The molecule has 0 amide bonds. The number of nitriles is 1. The summed E-state index contributed by atoms with van der Waals surface area (Å²) in [5, 5.41) is 16.6. The van der Waals surface area contributed by atoms with Crippen molar-refractivity contribution in [2.24, 2.45) is 7.05 Å². The second-order valence-electron chi connectivity index (χ2n) is 3.80. The Hall–Kier alpha value is -1.07. The van der Waals surface area contributed by atoms with Crippen molar-refractivity contribution in [2.75, 3.05) is 5.32 Å². The molecule has 0 aliphatic carbocycles. The van der Waals surface area contributed by atoms with E-state index in [1.54, 1.807) is 4.68 Å². The highest BCUT2D eigenvalue weighted by molar-refractivity contribution is 14.1. The molecule has 2 rings (SSSR count). The molecule has 0 atom stereocenters. The summed E-state index contributed by atoms with van der Waals surface area (Å²) in [5.41, 5.74) is 2.24. The number of anilines is 2. The van der Waals surface area contributed by atoms with Crippen LogP contribution in [-0.4, -0.2) is 9.78 Å². The van der Waals surface area contributed by atoms with E-state index in [4.69, 9.17) is 5.26 Å². The minimum atomic E-state index is 0.579. The fourth-order valence-electron chi connectivity index (χ4n) is 1.65. The van der Waals surface area contributed by atoms with E-state index >= 15 is 0 Å². The first-order valence-electron chi connectivity index (χ1n) is 5.18. The third kappa shape index (κ3) is 2.52. The molecule has 1 N–H and O–H groups in total. The third-order valence-corrected chi connectivity index (χ3v) is 4.84. The topological polar surface area (TPSA) is 53.6 Å². The Morgan fingerprint density at radius 3 is 2.83 bits per heavy atom. The highest BCUT2D eigenvalue weighted by Gasteiger charge is 2.13. The molecule has 6 heteroatoms. The Kier molecular flexibility index (Phi) is 3.92. The van der Waals surface area contributed by atoms with Crippen LogP contribution < -0.4 is 5.32 Å². The molecule has 0 bridgehead atoms. The second kappa shape index (κ2) is 5.28. The molecule has 0 spiro atoms. The molecular formula is C12H10BrIN4. The average Bonchev–Trinajstić information content (AvgIpc) is 2.58. The molecule has 1 heterocycles. The van der Waals surface area contributed by atoms with Gasteiger partial charge in [-0.2, -0.15) is 10.4 Å². The molecule has 0 saturated carbocycles. The molecule has 4 nitrogen and oxygen atoms in total. The van der Waals surface area contributed by atoms with Gasteiger partial charge in [-0.25, -0.2) is 0 Å².